The standard InChI is InChI=1S/C14H12N4O2/c1-20-12-4-2-3-9(8-15)13(12)18-14(19)11-7-10(16)5-6-17-11/h2-7H,1H3,(H2,16,17)(H,18,19). The number of nitrogens with zero attached hydrogens (tertiary/aromatic N) is 2. The highest BCUT2D eigenvalue weighted by molar-refractivity contribution is 6.04. The summed E-state index contributed by atoms with van der Waals surface area (Å²) in [5, 5.41) is 11.7. The SMILES string of the molecule is COc1cccc(C#N)c1NC(=O)c1cc(N)ccn1. The van der Waals surface area contributed by atoms with E-state index in [0.717, 1.165) is 0 Å². The molecular weight excluding hydrogens is 256 g/mol. The van der Waals surface area contributed by atoms with E-state index < -0.39 is 5.91 Å². The zero-order chi connectivity index (χ0) is 14.5. The van der Waals surface area contributed by atoms with E-state index in [-0.39, 0.29) is 5.69 Å². The largest absolute Gasteiger partial charge is 0.495 e. The van der Waals surface area contributed by atoms with Crippen LogP contribution < -0.4 is 15.8 Å². The summed E-state index contributed by atoms with van der Waals surface area (Å²) in [7, 11) is 1.46. The molecule has 2 aromatic rings. The van der Waals surface area contributed by atoms with E-state index in [4.69, 9.17) is 15.7 Å². The van der Waals surface area contributed by atoms with Crippen LogP contribution in [0.5, 0.6) is 5.75 Å². The van der Waals surface area contributed by atoms with Gasteiger partial charge in [0, 0.05) is 11.9 Å². The molecule has 1 heterocycles. The van der Waals surface area contributed by atoms with Crippen LogP contribution >= 0.6 is 0 Å². The van der Waals surface area contributed by atoms with Gasteiger partial charge >= 0.3 is 0 Å². The number of benzene rings is 1. The quantitative estimate of drug-likeness (QED) is 0.883. The number of carbonyl (C=O) groups excluding carboxylic acids is 1. The van der Waals surface area contributed by atoms with Crippen LogP contribution in [0.3, 0.4) is 0 Å². The van der Waals surface area contributed by atoms with Crippen molar-refractivity contribution in [3.05, 3.63) is 47.8 Å². The fourth-order valence-electron chi connectivity index (χ4n) is 1.67. The number of hydrogen-bond acceptors (Lipinski definition) is 5. The number of aromatic nitrogens is 1. The molecule has 0 fully saturated rings. The third-order valence-electron chi connectivity index (χ3n) is 2.62. The summed E-state index contributed by atoms with van der Waals surface area (Å²) < 4.78 is 5.14. The van der Waals surface area contributed by atoms with Crippen molar-refractivity contribution in [2.45, 2.75) is 0 Å². The summed E-state index contributed by atoms with van der Waals surface area (Å²) in [6.07, 6.45) is 1.44. The third-order valence-corrected chi connectivity index (χ3v) is 2.62. The number of pyridine rings is 1. The number of methoxy groups -OCH3 is 1. The minimum absolute atomic E-state index is 0.166. The zero-order valence-electron chi connectivity index (χ0n) is 10.8. The van der Waals surface area contributed by atoms with Crippen molar-refractivity contribution in [3.63, 3.8) is 0 Å². The Hall–Kier alpha value is -3.07. The third kappa shape index (κ3) is 2.67. The van der Waals surface area contributed by atoms with Crippen molar-refractivity contribution in [3.8, 4) is 11.8 Å². The first kappa shape index (κ1) is 13.4. The normalized spacial score (nSPS) is 9.60. The molecule has 3 N–H and O–H groups in total. The number of anilines is 2. The number of nitrogens with one attached hydrogen (secondary N) is 1. The molecule has 0 aliphatic rings. The van der Waals surface area contributed by atoms with Gasteiger partial charge in [0.15, 0.2) is 0 Å². The van der Waals surface area contributed by atoms with Gasteiger partial charge in [0.1, 0.15) is 23.2 Å². The van der Waals surface area contributed by atoms with Gasteiger partial charge in [-0.05, 0) is 24.3 Å². The number of carbonyl (C=O) groups is 1. The fourth-order valence-corrected chi connectivity index (χ4v) is 1.67. The maximum atomic E-state index is 12.1. The van der Waals surface area contributed by atoms with Crippen LogP contribution in [0.25, 0.3) is 0 Å². The highest BCUT2D eigenvalue weighted by Gasteiger charge is 2.14. The van der Waals surface area contributed by atoms with Gasteiger partial charge in [0.05, 0.1) is 12.7 Å². The van der Waals surface area contributed by atoms with E-state index in [1.807, 2.05) is 6.07 Å². The summed E-state index contributed by atoms with van der Waals surface area (Å²) in [4.78, 5) is 16.0. The lowest BCUT2D eigenvalue weighted by Gasteiger charge is -2.11. The molecule has 0 spiro atoms. The van der Waals surface area contributed by atoms with Crippen LogP contribution in [0.2, 0.25) is 0 Å². The Kier molecular flexibility index (Phi) is 3.82. The number of nitrogen functional groups attached to an aromatic ring is 1. The Labute approximate surface area is 115 Å². The second-order valence-electron chi connectivity index (χ2n) is 3.92. The molecule has 0 saturated carbocycles. The molecule has 0 saturated heterocycles. The lowest BCUT2D eigenvalue weighted by atomic mass is 10.1. The Morgan fingerprint density at radius 2 is 2.25 bits per heavy atom. The molecule has 6 nitrogen and oxygen atoms in total. The van der Waals surface area contributed by atoms with Gasteiger partial charge in [0.25, 0.3) is 5.91 Å². The molecule has 1 amide bonds. The monoisotopic (exact) mass is 268 g/mol. The molecule has 1 aromatic carbocycles. The maximum Gasteiger partial charge on any atom is 0.274 e. The minimum atomic E-state index is -0.460. The van der Waals surface area contributed by atoms with Crippen molar-refractivity contribution >= 4 is 17.3 Å². The van der Waals surface area contributed by atoms with Crippen LogP contribution in [-0.2, 0) is 0 Å². The van der Waals surface area contributed by atoms with Crippen molar-refractivity contribution < 1.29 is 9.53 Å². The summed E-state index contributed by atoms with van der Waals surface area (Å²) >= 11 is 0. The highest BCUT2D eigenvalue weighted by atomic mass is 16.5. The first-order chi connectivity index (χ1) is 9.65. The van der Waals surface area contributed by atoms with E-state index in [2.05, 4.69) is 10.3 Å². The molecule has 6 heteroatoms. The van der Waals surface area contributed by atoms with Gasteiger partial charge in [-0.15, -0.1) is 0 Å². The van der Waals surface area contributed by atoms with Crippen molar-refractivity contribution in [2.75, 3.05) is 18.2 Å². The van der Waals surface area contributed by atoms with Crippen LogP contribution in [0, 0.1) is 11.3 Å². The summed E-state index contributed by atoms with van der Waals surface area (Å²) in [5.74, 6) is -0.0559. The van der Waals surface area contributed by atoms with Crippen molar-refractivity contribution in [2.24, 2.45) is 0 Å². The lowest BCUT2D eigenvalue weighted by Crippen LogP contribution is -2.15. The fraction of sp³-hybridized carbons (Fsp3) is 0.0714. The molecule has 0 unspecified atom stereocenters. The number of nitrogens with two attached hydrogens (primary N) is 1. The topological polar surface area (TPSA) is 101 Å². The second kappa shape index (κ2) is 5.71. The Balaban J connectivity index is 2.35. The van der Waals surface area contributed by atoms with E-state index in [1.165, 1.54) is 19.4 Å². The first-order valence-corrected chi connectivity index (χ1v) is 5.75. The Morgan fingerprint density at radius 3 is 2.90 bits per heavy atom. The predicted octanol–water partition coefficient (Wildman–Crippen LogP) is 1.80. The van der Waals surface area contributed by atoms with E-state index in [0.29, 0.717) is 22.7 Å². The predicted molar refractivity (Wildman–Crippen MR) is 74.3 cm³/mol. The van der Waals surface area contributed by atoms with Gasteiger partial charge in [0.2, 0.25) is 0 Å². The maximum absolute atomic E-state index is 12.1. The number of amides is 1. The summed E-state index contributed by atoms with van der Waals surface area (Å²) in [5.41, 5.74) is 6.83. The summed E-state index contributed by atoms with van der Waals surface area (Å²) in [6, 6.07) is 9.95. The van der Waals surface area contributed by atoms with Crippen LogP contribution in [-0.4, -0.2) is 18.0 Å². The van der Waals surface area contributed by atoms with Crippen molar-refractivity contribution in [1.29, 1.82) is 5.26 Å². The zero-order valence-corrected chi connectivity index (χ0v) is 10.8. The molecule has 100 valence electrons. The molecule has 2 rings (SSSR count). The van der Waals surface area contributed by atoms with E-state index >= 15 is 0 Å². The molecule has 20 heavy (non-hydrogen) atoms. The number of para-hydroxylation sites is 1. The average molecular weight is 268 g/mol. The van der Waals surface area contributed by atoms with Crippen LogP contribution in [0.15, 0.2) is 36.5 Å². The molecule has 0 aliphatic heterocycles. The van der Waals surface area contributed by atoms with Crippen molar-refractivity contribution in [1.82, 2.24) is 4.98 Å². The number of ether oxygens (including phenoxy) is 1. The van der Waals surface area contributed by atoms with Gasteiger partial charge in [-0.3, -0.25) is 9.78 Å². The van der Waals surface area contributed by atoms with Gasteiger partial charge in [-0.25, -0.2) is 0 Å². The molecule has 0 atom stereocenters. The van der Waals surface area contributed by atoms with Gasteiger partial charge < -0.3 is 15.8 Å². The minimum Gasteiger partial charge on any atom is -0.495 e. The van der Waals surface area contributed by atoms with E-state index in [1.54, 1.807) is 24.3 Å². The average Bonchev–Trinajstić information content (AvgIpc) is 2.47. The Bertz CT molecular complexity index is 692. The number of nitriles is 1. The van der Waals surface area contributed by atoms with Crippen LogP contribution in [0.1, 0.15) is 16.1 Å². The number of rotatable bonds is 3. The molecule has 0 bridgehead atoms. The van der Waals surface area contributed by atoms with Gasteiger partial charge in [-0.1, -0.05) is 6.07 Å². The molecule has 0 radical (unpaired) electrons. The highest BCUT2D eigenvalue weighted by Crippen LogP contribution is 2.28. The molecule has 0 aliphatic carbocycles. The smallest absolute Gasteiger partial charge is 0.274 e. The Morgan fingerprint density at radius 1 is 1.45 bits per heavy atom. The van der Waals surface area contributed by atoms with Gasteiger partial charge in [-0.2, -0.15) is 5.26 Å². The lowest BCUT2D eigenvalue weighted by molar-refractivity contribution is 0.102. The molecular formula is C14H12N4O2. The van der Waals surface area contributed by atoms with E-state index in [9.17, 15) is 4.79 Å². The molecule has 1 aromatic heterocycles. The first-order valence-electron chi connectivity index (χ1n) is 5.75. The second-order valence-corrected chi connectivity index (χ2v) is 3.92. The van der Waals surface area contributed by atoms with Crippen LogP contribution in [0.4, 0.5) is 11.4 Å². The summed E-state index contributed by atoms with van der Waals surface area (Å²) in [6.45, 7) is 0. The number of hydrogen-bond donors (Lipinski definition) is 2.